The molecule has 1 aliphatic heterocycles. The van der Waals surface area contributed by atoms with Gasteiger partial charge in [-0.1, -0.05) is 32.9 Å². The van der Waals surface area contributed by atoms with E-state index in [-0.39, 0.29) is 57.1 Å². The number of ether oxygens (including phenoxy) is 1. The summed E-state index contributed by atoms with van der Waals surface area (Å²) in [5, 5.41) is 14.8. The third kappa shape index (κ3) is 8.01. The molecule has 2 aromatic carbocycles. The van der Waals surface area contributed by atoms with Gasteiger partial charge in [0.05, 0.1) is 23.1 Å². The van der Waals surface area contributed by atoms with Gasteiger partial charge < -0.3 is 20.5 Å². The Morgan fingerprint density at radius 2 is 1.72 bits per heavy atom. The molecule has 3 amide bonds. The fraction of sp³-hybridized carbons (Fsp3) is 0.333. The number of carbonyl (C=O) groups excluding carboxylic acids is 3. The topological polar surface area (TPSA) is 193 Å². The molecule has 5 rings (SSSR count). The van der Waals surface area contributed by atoms with Crippen LogP contribution >= 0.6 is 0 Å². The van der Waals surface area contributed by atoms with Crippen molar-refractivity contribution in [2.24, 2.45) is 10.9 Å². The summed E-state index contributed by atoms with van der Waals surface area (Å²) in [4.78, 5) is 56.2. The number of amides is 3. The number of hydrogen-bond acceptors (Lipinski definition) is 9. The van der Waals surface area contributed by atoms with Crippen molar-refractivity contribution in [3.8, 4) is 5.75 Å². The molecule has 2 aliphatic rings. The van der Waals surface area contributed by atoms with E-state index >= 15 is 0 Å². The molecule has 1 aliphatic carbocycles. The van der Waals surface area contributed by atoms with E-state index in [1.54, 1.807) is 37.4 Å². The number of methoxy groups -OCH3 is 1. The van der Waals surface area contributed by atoms with Gasteiger partial charge in [-0.15, -0.1) is 0 Å². The van der Waals surface area contributed by atoms with Gasteiger partial charge in [-0.3, -0.25) is 19.4 Å². The van der Waals surface area contributed by atoms with Gasteiger partial charge in [0, 0.05) is 17.8 Å². The van der Waals surface area contributed by atoms with Crippen LogP contribution in [0.3, 0.4) is 0 Å². The lowest BCUT2D eigenvalue weighted by Crippen LogP contribution is -2.41. The maximum atomic E-state index is 12.4. The second-order valence-corrected chi connectivity index (χ2v) is 13.2. The Labute approximate surface area is 272 Å². The van der Waals surface area contributed by atoms with Crippen molar-refractivity contribution in [2.45, 2.75) is 63.4 Å². The summed E-state index contributed by atoms with van der Waals surface area (Å²) in [6.07, 6.45) is 4.23. The van der Waals surface area contributed by atoms with Crippen molar-refractivity contribution in [3.63, 3.8) is 0 Å². The highest BCUT2D eigenvalue weighted by atomic mass is 32.2. The molecule has 248 valence electrons. The zero-order valence-corrected chi connectivity index (χ0v) is 27.5. The number of aryl methyl sites for hydroxylation is 1. The van der Waals surface area contributed by atoms with E-state index in [2.05, 4.69) is 20.6 Å². The number of carboxylic acids is 1. The molecule has 0 radical (unpaired) electrons. The number of benzene rings is 2. The molecule has 14 heteroatoms. The second-order valence-electron chi connectivity index (χ2n) is 11.5. The number of sulfonamides is 1. The molecule has 1 aromatic heterocycles. The van der Waals surface area contributed by atoms with Crippen molar-refractivity contribution in [3.05, 3.63) is 88.7 Å². The van der Waals surface area contributed by atoms with Crippen molar-refractivity contribution >= 4 is 39.5 Å². The number of hydrogen-bond donors (Lipinski definition) is 4. The van der Waals surface area contributed by atoms with E-state index in [0.29, 0.717) is 12.0 Å². The maximum Gasteiger partial charge on any atom is 0.338 e. The fourth-order valence-corrected chi connectivity index (χ4v) is 5.42. The van der Waals surface area contributed by atoms with E-state index in [1.807, 2.05) is 25.5 Å². The molecular formula is C33H37N5O8S. The minimum Gasteiger partial charge on any atom is -0.496 e. The first-order chi connectivity index (χ1) is 22.2. The molecule has 4 N–H and O–H groups in total. The van der Waals surface area contributed by atoms with Gasteiger partial charge in [-0.25, -0.2) is 22.9 Å². The Kier molecular flexibility index (Phi) is 10.4. The Balaban J connectivity index is 0.000000218. The number of carbonyl (C=O) groups is 4. The van der Waals surface area contributed by atoms with Crippen LogP contribution in [-0.4, -0.2) is 66.7 Å². The van der Waals surface area contributed by atoms with Gasteiger partial charge in [0.2, 0.25) is 0 Å². The molecule has 0 saturated heterocycles. The average molecular weight is 664 g/mol. The quantitative estimate of drug-likeness (QED) is 0.252. The van der Waals surface area contributed by atoms with Crippen molar-refractivity contribution in [1.29, 1.82) is 0 Å². The highest BCUT2D eigenvalue weighted by molar-refractivity contribution is 7.90. The van der Waals surface area contributed by atoms with Crippen molar-refractivity contribution in [2.75, 3.05) is 7.11 Å². The Morgan fingerprint density at radius 3 is 2.28 bits per heavy atom. The largest absolute Gasteiger partial charge is 0.496 e. The number of rotatable bonds is 10. The lowest BCUT2D eigenvalue weighted by molar-refractivity contribution is -0.124. The van der Waals surface area contributed by atoms with Gasteiger partial charge in [-0.05, 0) is 80.1 Å². The van der Waals surface area contributed by atoms with E-state index in [1.165, 1.54) is 37.4 Å². The number of aliphatic imine (C=N–C) groups is 1. The number of amidine groups is 1. The van der Waals surface area contributed by atoms with Gasteiger partial charge >= 0.3 is 5.97 Å². The summed E-state index contributed by atoms with van der Waals surface area (Å²) in [6, 6.07) is 13.5. The lowest BCUT2D eigenvalue weighted by Gasteiger charge is -2.21. The van der Waals surface area contributed by atoms with Crippen LogP contribution in [0.5, 0.6) is 5.75 Å². The van der Waals surface area contributed by atoms with Crippen LogP contribution in [-0.2, 0) is 21.2 Å². The molecule has 47 heavy (non-hydrogen) atoms. The molecule has 3 aromatic rings. The van der Waals surface area contributed by atoms with Gasteiger partial charge in [0.15, 0.2) is 5.84 Å². The van der Waals surface area contributed by atoms with Crippen LogP contribution in [0, 0.1) is 5.92 Å². The minimum absolute atomic E-state index is 0.00167. The molecule has 1 fully saturated rings. The van der Waals surface area contributed by atoms with Crippen LogP contribution in [0.4, 0.5) is 0 Å². The number of aromatic carboxylic acids is 1. The first-order valence-electron chi connectivity index (χ1n) is 14.9. The van der Waals surface area contributed by atoms with E-state index in [4.69, 9.17) is 4.74 Å². The number of aromatic nitrogens is 1. The van der Waals surface area contributed by atoms with E-state index < -0.39 is 27.4 Å². The van der Waals surface area contributed by atoms with Crippen LogP contribution in [0.1, 0.15) is 82.9 Å². The molecule has 1 saturated carbocycles. The molecule has 1 atom stereocenters. The zero-order chi connectivity index (χ0) is 34.5. The number of carboxylic acid groups (broad SMARTS) is 1. The van der Waals surface area contributed by atoms with Gasteiger partial charge in [-0.2, -0.15) is 0 Å². The minimum atomic E-state index is -4.07. The van der Waals surface area contributed by atoms with Crippen LogP contribution in [0.25, 0.3) is 0 Å². The maximum absolute atomic E-state index is 12.4. The summed E-state index contributed by atoms with van der Waals surface area (Å²) >= 11 is 0. The van der Waals surface area contributed by atoms with Crippen molar-refractivity contribution in [1.82, 2.24) is 20.3 Å². The smallest absolute Gasteiger partial charge is 0.338 e. The normalized spacial score (nSPS) is 17.1. The summed E-state index contributed by atoms with van der Waals surface area (Å²) < 4.78 is 31.9. The van der Waals surface area contributed by atoms with Gasteiger partial charge in [0.1, 0.15) is 17.0 Å². The highest BCUT2D eigenvalue weighted by Crippen LogP contribution is 2.27. The molecular weight excluding hydrogens is 626 g/mol. The highest BCUT2D eigenvalue weighted by Gasteiger charge is 2.43. The van der Waals surface area contributed by atoms with Crippen LogP contribution in [0.2, 0.25) is 0 Å². The third-order valence-corrected chi connectivity index (χ3v) is 9.23. The Hall–Kier alpha value is -5.11. The molecule has 2 heterocycles. The Bertz CT molecular complexity index is 1840. The van der Waals surface area contributed by atoms with Gasteiger partial charge in [0.25, 0.3) is 27.7 Å². The van der Waals surface area contributed by atoms with E-state index in [9.17, 15) is 32.7 Å². The summed E-state index contributed by atoms with van der Waals surface area (Å²) in [6.45, 7) is 7.46. The predicted molar refractivity (Wildman–Crippen MR) is 173 cm³/mol. The van der Waals surface area contributed by atoms with E-state index in [0.717, 1.165) is 18.4 Å². The molecule has 13 nitrogen and oxygen atoms in total. The summed E-state index contributed by atoms with van der Waals surface area (Å²) in [5.41, 5.74) is 0.674. The third-order valence-electron chi connectivity index (χ3n) is 7.89. The number of nitrogens with zero attached hydrogens (tertiary/aromatic N) is 2. The van der Waals surface area contributed by atoms with Crippen LogP contribution in [0.15, 0.2) is 70.7 Å². The van der Waals surface area contributed by atoms with Crippen LogP contribution < -0.4 is 20.1 Å². The lowest BCUT2D eigenvalue weighted by atomic mass is 9.89. The molecule has 0 spiro atoms. The van der Waals surface area contributed by atoms with Crippen molar-refractivity contribution < 1.29 is 37.4 Å². The summed E-state index contributed by atoms with van der Waals surface area (Å²) in [7, 11) is -2.68. The second kappa shape index (κ2) is 14.1. The Morgan fingerprint density at radius 1 is 1.06 bits per heavy atom. The average Bonchev–Trinajstić information content (AvgIpc) is 3.82. The fourth-order valence-electron chi connectivity index (χ4n) is 4.45. The number of pyridine rings is 1. The standard InChI is InChI=1S/C18H18N2O5S.C15H19N3O3/c1-25-16-5-3-2-4-15(16)18(22)20-26(23,24)14-10-6-12(7-11-14)17(21)19-13-8-9-13;1-5-9-6-10(13(19)20)11(16-7-9)12-17-14(21)15(4,18-12)8(2)3/h2-7,10-11,13H,8-9H2,1H3,(H,19,21)(H,20,22);6-8H,5H2,1-4H3,(H,19,20)(H,17,18,21). The number of para-hydroxylation sites is 1. The summed E-state index contributed by atoms with van der Waals surface area (Å²) in [5.74, 6) is -1.85. The zero-order valence-electron chi connectivity index (χ0n) is 26.7. The monoisotopic (exact) mass is 663 g/mol. The first-order valence-corrected chi connectivity index (χ1v) is 16.4. The number of nitrogens with one attached hydrogen (secondary N) is 3. The molecule has 0 bridgehead atoms. The predicted octanol–water partition coefficient (Wildman–Crippen LogP) is 3.34. The molecule has 1 unspecified atom stereocenters. The first kappa shape index (κ1) is 34.8. The SMILES string of the molecule is CCc1cnc(C2=NC(C)(C(C)C)C(=O)N2)c(C(=O)O)c1.COc1ccccc1C(=O)NS(=O)(=O)c1ccc(C(=O)NC2CC2)cc1.